The van der Waals surface area contributed by atoms with E-state index in [1.807, 2.05) is 30.3 Å². The van der Waals surface area contributed by atoms with Gasteiger partial charge in [-0.25, -0.2) is 5.84 Å². The van der Waals surface area contributed by atoms with Gasteiger partial charge in [0.2, 0.25) is 5.11 Å². The van der Waals surface area contributed by atoms with Crippen LogP contribution in [0.3, 0.4) is 0 Å². The molecule has 0 aliphatic heterocycles. The number of thiocarbonyl (C=S) groups is 1. The van der Waals surface area contributed by atoms with Crippen LogP contribution in [0.2, 0.25) is 0 Å². The van der Waals surface area contributed by atoms with Gasteiger partial charge >= 0.3 is 0 Å². The Labute approximate surface area is 81.8 Å². The lowest BCUT2D eigenvalue weighted by molar-refractivity contribution is 0.930. The zero-order valence-corrected chi connectivity index (χ0v) is 7.71. The minimum atomic E-state index is 0.284. The van der Waals surface area contributed by atoms with Gasteiger partial charge < -0.3 is 0 Å². The van der Waals surface area contributed by atoms with Gasteiger partial charge in [0.15, 0.2) is 0 Å². The molecule has 0 saturated carbocycles. The molecule has 4 N–H and O–H groups in total. The van der Waals surface area contributed by atoms with Gasteiger partial charge in [0.1, 0.15) is 0 Å². The molecule has 4 nitrogen and oxygen atoms in total. The van der Waals surface area contributed by atoms with Crippen molar-refractivity contribution >= 4 is 23.5 Å². The van der Waals surface area contributed by atoms with Crippen molar-refractivity contribution in [3.8, 4) is 0 Å². The minimum Gasteiger partial charge on any atom is -0.300 e. The summed E-state index contributed by atoms with van der Waals surface area (Å²) in [5.74, 6) is 5.02. The molecule has 1 aromatic carbocycles. The largest absolute Gasteiger partial charge is 0.300 e. The first kappa shape index (κ1) is 9.63. The van der Waals surface area contributed by atoms with E-state index < -0.39 is 0 Å². The van der Waals surface area contributed by atoms with Crippen molar-refractivity contribution in [1.29, 1.82) is 0 Å². The highest BCUT2D eigenvalue weighted by atomic mass is 32.1. The number of benzene rings is 1. The van der Waals surface area contributed by atoms with Crippen molar-refractivity contribution in [2.75, 3.05) is 0 Å². The van der Waals surface area contributed by atoms with Crippen LogP contribution < -0.4 is 16.7 Å². The molecule has 0 fully saturated rings. The lowest BCUT2D eigenvalue weighted by Crippen LogP contribution is -2.37. The monoisotopic (exact) mass is 194 g/mol. The number of hydrogen-bond donors (Lipinski definition) is 3. The summed E-state index contributed by atoms with van der Waals surface area (Å²) in [7, 11) is 0. The topological polar surface area (TPSA) is 62.4 Å². The molecule has 1 aromatic rings. The molecule has 0 atom stereocenters. The predicted molar refractivity (Wildman–Crippen MR) is 57.1 cm³/mol. The first-order valence-electron chi connectivity index (χ1n) is 3.67. The van der Waals surface area contributed by atoms with Crippen LogP contribution in [0.4, 0.5) is 0 Å². The second-order valence-corrected chi connectivity index (χ2v) is 2.66. The fourth-order valence-electron chi connectivity index (χ4n) is 0.737. The summed E-state index contributed by atoms with van der Waals surface area (Å²) in [4.78, 5) is 0. The van der Waals surface area contributed by atoms with Gasteiger partial charge in [-0.1, -0.05) is 30.3 Å². The van der Waals surface area contributed by atoms with Crippen molar-refractivity contribution < 1.29 is 0 Å². The molecule has 0 saturated heterocycles. The van der Waals surface area contributed by atoms with Gasteiger partial charge in [-0.15, -0.1) is 0 Å². The first-order chi connectivity index (χ1) is 6.33. The molecule has 0 unspecified atom stereocenters. The number of rotatable bonds is 2. The van der Waals surface area contributed by atoms with E-state index in [0.29, 0.717) is 0 Å². The van der Waals surface area contributed by atoms with Gasteiger partial charge in [0, 0.05) is 0 Å². The van der Waals surface area contributed by atoms with Crippen LogP contribution in [-0.4, -0.2) is 11.3 Å². The van der Waals surface area contributed by atoms with Gasteiger partial charge in [-0.05, 0) is 17.8 Å². The Hall–Kier alpha value is -1.46. The third-order valence-corrected chi connectivity index (χ3v) is 1.52. The molecule has 0 amide bonds. The zero-order valence-electron chi connectivity index (χ0n) is 6.90. The standard InChI is InChI=1S/C8H10N4S/c9-11-8(13)12-10-6-7-4-2-1-3-5-7/h1-6H,9H2,(H2,11,12,13). The van der Waals surface area contributed by atoms with Crippen LogP contribution in [0, 0.1) is 0 Å². The highest BCUT2D eigenvalue weighted by Gasteiger charge is 1.85. The maximum Gasteiger partial charge on any atom is 0.201 e. The van der Waals surface area contributed by atoms with E-state index in [1.54, 1.807) is 6.21 Å². The Morgan fingerprint density at radius 2 is 2.08 bits per heavy atom. The second-order valence-electron chi connectivity index (χ2n) is 2.25. The average molecular weight is 194 g/mol. The van der Waals surface area contributed by atoms with E-state index in [0.717, 1.165) is 5.56 Å². The Balaban J connectivity index is 2.45. The first-order valence-corrected chi connectivity index (χ1v) is 4.08. The van der Waals surface area contributed by atoms with Gasteiger partial charge in [-0.3, -0.25) is 10.9 Å². The van der Waals surface area contributed by atoms with Crippen molar-refractivity contribution in [1.82, 2.24) is 10.9 Å². The minimum absolute atomic E-state index is 0.284. The Bertz CT molecular complexity index is 296. The quantitative estimate of drug-likeness (QED) is 0.275. The molecule has 0 aliphatic rings. The molecule has 1 rings (SSSR count). The SMILES string of the molecule is NNC(=S)NN=Cc1ccccc1. The van der Waals surface area contributed by atoms with Crippen LogP contribution in [0.5, 0.6) is 0 Å². The van der Waals surface area contributed by atoms with Crippen LogP contribution in [0.1, 0.15) is 5.56 Å². The summed E-state index contributed by atoms with van der Waals surface area (Å²) < 4.78 is 0. The molecule has 0 aromatic heterocycles. The normalized spacial score (nSPS) is 9.92. The third kappa shape index (κ3) is 3.64. The number of nitrogens with zero attached hydrogens (tertiary/aromatic N) is 1. The molecular formula is C8H10N4S. The number of nitrogens with two attached hydrogens (primary N) is 1. The van der Waals surface area contributed by atoms with Crippen molar-refractivity contribution in [3.05, 3.63) is 35.9 Å². The fraction of sp³-hybridized carbons (Fsp3) is 0. The van der Waals surface area contributed by atoms with Crippen molar-refractivity contribution in [2.45, 2.75) is 0 Å². The van der Waals surface area contributed by atoms with E-state index in [4.69, 9.17) is 18.1 Å². The van der Waals surface area contributed by atoms with Crippen molar-refractivity contribution in [3.63, 3.8) is 0 Å². The lowest BCUT2D eigenvalue weighted by Gasteiger charge is -1.98. The highest BCUT2D eigenvalue weighted by Crippen LogP contribution is 1.92. The van der Waals surface area contributed by atoms with E-state index in [-0.39, 0.29) is 5.11 Å². The molecule has 5 heteroatoms. The summed E-state index contributed by atoms with van der Waals surface area (Å²) in [6, 6.07) is 9.67. The summed E-state index contributed by atoms with van der Waals surface area (Å²) in [6.07, 6.45) is 1.66. The molecule has 13 heavy (non-hydrogen) atoms. The average Bonchev–Trinajstić information content (AvgIpc) is 2.19. The number of nitrogens with one attached hydrogen (secondary N) is 2. The highest BCUT2D eigenvalue weighted by molar-refractivity contribution is 7.80. The smallest absolute Gasteiger partial charge is 0.201 e. The molecule has 0 aliphatic carbocycles. The molecule has 0 radical (unpaired) electrons. The second kappa shape index (κ2) is 5.23. The van der Waals surface area contributed by atoms with E-state index in [1.165, 1.54) is 0 Å². The van der Waals surface area contributed by atoms with Crippen LogP contribution >= 0.6 is 12.2 Å². The van der Waals surface area contributed by atoms with Gasteiger partial charge in [0.25, 0.3) is 0 Å². The van der Waals surface area contributed by atoms with Crippen LogP contribution in [0.25, 0.3) is 0 Å². The molecule has 0 spiro atoms. The van der Waals surface area contributed by atoms with E-state index in [9.17, 15) is 0 Å². The Kier molecular flexibility index (Phi) is 3.87. The number of hydrazone groups is 1. The van der Waals surface area contributed by atoms with Gasteiger partial charge in [-0.2, -0.15) is 5.10 Å². The maximum atomic E-state index is 5.02. The van der Waals surface area contributed by atoms with Gasteiger partial charge in [0.05, 0.1) is 6.21 Å². The fourth-order valence-corrected chi connectivity index (χ4v) is 0.790. The predicted octanol–water partition coefficient (Wildman–Crippen LogP) is 0.358. The van der Waals surface area contributed by atoms with E-state index >= 15 is 0 Å². The number of hydrogen-bond acceptors (Lipinski definition) is 3. The van der Waals surface area contributed by atoms with Crippen LogP contribution in [0.15, 0.2) is 35.4 Å². The Morgan fingerprint density at radius 3 is 2.69 bits per heavy atom. The zero-order chi connectivity index (χ0) is 9.52. The summed E-state index contributed by atoms with van der Waals surface area (Å²) in [5, 5.41) is 4.14. The van der Waals surface area contributed by atoms with Crippen molar-refractivity contribution in [2.24, 2.45) is 10.9 Å². The lowest BCUT2D eigenvalue weighted by atomic mass is 10.2. The summed E-state index contributed by atoms with van der Waals surface area (Å²) in [6.45, 7) is 0. The summed E-state index contributed by atoms with van der Waals surface area (Å²) >= 11 is 4.71. The van der Waals surface area contributed by atoms with E-state index in [2.05, 4.69) is 16.0 Å². The van der Waals surface area contributed by atoms with Crippen LogP contribution in [-0.2, 0) is 0 Å². The summed E-state index contributed by atoms with van der Waals surface area (Å²) in [5.41, 5.74) is 5.80. The molecule has 0 bridgehead atoms. The molecule has 68 valence electrons. The third-order valence-electron chi connectivity index (χ3n) is 1.31. The molecule has 0 heterocycles. The number of hydrazine groups is 1. The maximum absolute atomic E-state index is 5.02. The molecular weight excluding hydrogens is 184 g/mol. The Morgan fingerprint density at radius 1 is 1.38 bits per heavy atom.